The zero-order chi connectivity index (χ0) is 20.4. The van der Waals surface area contributed by atoms with Crippen molar-refractivity contribution >= 4 is 29.9 Å². The molecule has 30 heavy (non-hydrogen) atoms. The van der Waals surface area contributed by atoms with E-state index in [0.717, 1.165) is 44.2 Å². The van der Waals surface area contributed by atoms with Crippen LogP contribution in [0.25, 0.3) is 0 Å². The van der Waals surface area contributed by atoms with Gasteiger partial charge in [0.2, 0.25) is 0 Å². The van der Waals surface area contributed by atoms with Crippen molar-refractivity contribution in [3.8, 4) is 0 Å². The Morgan fingerprint density at radius 3 is 2.63 bits per heavy atom. The second-order valence-electron chi connectivity index (χ2n) is 7.97. The third kappa shape index (κ3) is 7.58. The summed E-state index contributed by atoms with van der Waals surface area (Å²) >= 11 is 0. The second kappa shape index (κ2) is 12.9. The summed E-state index contributed by atoms with van der Waals surface area (Å²) in [6.45, 7) is 6.16. The molecule has 2 N–H and O–H groups in total. The van der Waals surface area contributed by atoms with Crippen molar-refractivity contribution in [2.24, 2.45) is 10.4 Å². The van der Waals surface area contributed by atoms with Gasteiger partial charge in [0.05, 0.1) is 12.7 Å². The Morgan fingerprint density at radius 1 is 1.17 bits per heavy atom. The molecule has 1 aromatic heterocycles. The Morgan fingerprint density at radius 2 is 1.93 bits per heavy atom. The van der Waals surface area contributed by atoms with E-state index < -0.39 is 0 Å². The number of hydrogen-bond donors (Lipinski definition) is 2. The lowest BCUT2D eigenvalue weighted by Gasteiger charge is -2.30. The molecule has 1 saturated carbocycles. The van der Waals surface area contributed by atoms with Gasteiger partial charge < -0.3 is 15.4 Å². The molecule has 1 fully saturated rings. The number of rotatable bonds is 10. The minimum Gasteiger partial charge on any atom is -0.382 e. The molecule has 1 aliphatic rings. The summed E-state index contributed by atoms with van der Waals surface area (Å²) in [5.41, 5.74) is 2.74. The number of nitrogens with zero attached hydrogens (tertiary/aromatic N) is 3. The van der Waals surface area contributed by atoms with E-state index in [-0.39, 0.29) is 24.0 Å². The Bertz CT molecular complexity index is 756. The van der Waals surface area contributed by atoms with Gasteiger partial charge in [0, 0.05) is 45.1 Å². The SMILES string of the molecule is CCOCCC1(CNC(=NC)NCc2cnn(Cc3ccccc3)c2)CCCC1.I. The third-order valence-electron chi connectivity index (χ3n) is 5.83. The summed E-state index contributed by atoms with van der Waals surface area (Å²) in [6.07, 6.45) is 10.3. The van der Waals surface area contributed by atoms with Crippen LogP contribution in [0, 0.1) is 5.41 Å². The minimum atomic E-state index is 0. The van der Waals surface area contributed by atoms with Crippen LogP contribution in [0.5, 0.6) is 0 Å². The molecule has 0 bridgehead atoms. The van der Waals surface area contributed by atoms with Gasteiger partial charge in [-0.2, -0.15) is 5.10 Å². The van der Waals surface area contributed by atoms with Crippen molar-refractivity contribution in [1.82, 2.24) is 20.4 Å². The van der Waals surface area contributed by atoms with Crippen LogP contribution in [0.4, 0.5) is 0 Å². The first kappa shape index (κ1) is 24.7. The van der Waals surface area contributed by atoms with E-state index in [4.69, 9.17) is 4.74 Å². The zero-order valence-corrected chi connectivity index (χ0v) is 20.6. The maximum Gasteiger partial charge on any atom is 0.191 e. The Hall–Kier alpha value is -1.61. The van der Waals surface area contributed by atoms with Crippen LogP contribution in [0.2, 0.25) is 0 Å². The summed E-state index contributed by atoms with van der Waals surface area (Å²) in [6, 6.07) is 10.4. The number of hydrogen-bond acceptors (Lipinski definition) is 3. The molecule has 6 nitrogen and oxygen atoms in total. The standard InChI is InChI=1S/C23H35N5O.HI/c1-3-29-14-13-23(11-7-8-12-23)19-26-22(24-2)25-15-21-16-27-28(18-21)17-20-9-5-4-6-10-20;/h4-6,9-10,16,18H,3,7-8,11-15,17,19H2,1-2H3,(H2,24,25,26);1H. The van der Waals surface area contributed by atoms with Gasteiger partial charge in [-0.1, -0.05) is 43.2 Å². The predicted molar refractivity (Wildman–Crippen MR) is 133 cm³/mol. The van der Waals surface area contributed by atoms with Gasteiger partial charge in [-0.05, 0) is 37.2 Å². The lowest BCUT2D eigenvalue weighted by atomic mass is 9.83. The highest BCUT2D eigenvalue weighted by molar-refractivity contribution is 14.0. The highest BCUT2D eigenvalue weighted by Crippen LogP contribution is 2.40. The molecule has 0 saturated heterocycles. The van der Waals surface area contributed by atoms with Crippen LogP contribution < -0.4 is 10.6 Å². The summed E-state index contributed by atoms with van der Waals surface area (Å²) in [4.78, 5) is 4.40. The fourth-order valence-corrected chi connectivity index (χ4v) is 4.11. The first-order chi connectivity index (χ1) is 14.2. The molecule has 1 heterocycles. The van der Waals surface area contributed by atoms with Crippen molar-refractivity contribution in [1.29, 1.82) is 0 Å². The molecular weight excluding hydrogens is 489 g/mol. The third-order valence-corrected chi connectivity index (χ3v) is 5.83. The van der Waals surface area contributed by atoms with Crippen LogP contribution in [0.1, 0.15) is 50.2 Å². The lowest BCUT2D eigenvalue weighted by Crippen LogP contribution is -2.43. The van der Waals surface area contributed by atoms with Crippen LogP contribution in [-0.4, -0.2) is 42.5 Å². The average Bonchev–Trinajstić information content (AvgIpc) is 3.39. The van der Waals surface area contributed by atoms with Crippen LogP contribution >= 0.6 is 24.0 Å². The van der Waals surface area contributed by atoms with Gasteiger partial charge in [-0.3, -0.25) is 9.67 Å². The number of ether oxygens (including phenoxy) is 1. The molecule has 3 rings (SSSR count). The van der Waals surface area contributed by atoms with E-state index in [1.807, 2.05) is 24.0 Å². The van der Waals surface area contributed by atoms with E-state index in [1.54, 1.807) is 0 Å². The van der Waals surface area contributed by atoms with E-state index in [2.05, 4.69) is 58.1 Å². The first-order valence-corrected chi connectivity index (χ1v) is 10.8. The molecule has 0 spiro atoms. The van der Waals surface area contributed by atoms with Gasteiger partial charge in [-0.15, -0.1) is 24.0 Å². The van der Waals surface area contributed by atoms with Gasteiger partial charge in [0.1, 0.15) is 0 Å². The smallest absolute Gasteiger partial charge is 0.191 e. The fourth-order valence-electron chi connectivity index (χ4n) is 4.11. The number of halogens is 1. The largest absolute Gasteiger partial charge is 0.382 e. The summed E-state index contributed by atoms with van der Waals surface area (Å²) in [7, 11) is 1.83. The fraction of sp³-hybridized carbons (Fsp3) is 0.565. The van der Waals surface area contributed by atoms with Crippen molar-refractivity contribution in [3.63, 3.8) is 0 Å². The molecular formula is C23H36IN5O. The summed E-state index contributed by atoms with van der Waals surface area (Å²) in [5.74, 6) is 0.850. The first-order valence-electron chi connectivity index (χ1n) is 10.8. The molecule has 0 amide bonds. The maximum atomic E-state index is 5.62. The minimum absolute atomic E-state index is 0. The molecule has 0 unspecified atom stereocenters. The normalized spacial score (nSPS) is 15.6. The Labute approximate surface area is 197 Å². The van der Waals surface area contributed by atoms with Crippen LogP contribution in [0.3, 0.4) is 0 Å². The van der Waals surface area contributed by atoms with Gasteiger partial charge in [0.25, 0.3) is 0 Å². The van der Waals surface area contributed by atoms with Gasteiger partial charge >= 0.3 is 0 Å². The summed E-state index contributed by atoms with van der Waals surface area (Å²) < 4.78 is 7.60. The van der Waals surface area contributed by atoms with E-state index in [9.17, 15) is 0 Å². The summed E-state index contributed by atoms with van der Waals surface area (Å²) in [5, 5.41) is 11.5. The van der Waals surface area contributed by atoms with E-state index >= 15 is 0 Å². The molecule has 1 aromatic carbocycles. The lowest BCUT2D eigenvalue weighted by molar-refractivity contribution is 0.105. The topological polar surface area (TPSA) is 63.5 Å². The molecule has 1 aliphatic carbocycles. The highest BCUT2D eigenvalue weighted by atomic mass is 127. The number of benzene rings is 1. The number of guanidine groups is 1. The second-order valence-corrected chi connectivity index (χ2v) is 7.97. The van der Waals surface area contributed by atoms with Crippen molar-refractivity contribution in [2.45, 2.75) is 52.1 Å². The van der Waals surface area contributed by atoms with Gasteiger partial charge in [-0.25, -0.2) is 0 Å². The van der Waals surface area contributed by atoms with Gasteiger partial charge in [0.15, 0.2) is 5.96 Å². The van der Waals surface area contributed by atoms with Crippen molar-refractivity contribution in [2.75, 3.05) is 26.8 Å². The average molecular weight is 525 g/mol. The highest BCUT2D eigenvalue weighted by Gasteiger charge is 2.33. The van der Waals surface area contributed by atoms with Crippen LogP contribution in [0.15, 0.2) is 47.7 Å². The molecule has 0 aliphatic heterocycles. The predicted octanol–water partition coefficient (Wildman–Crippen LogP) is 4.20. The van der Waals surface area contributed by atoms with E-state index in [1.165, 1.54) is 31.2 Å². The van der Waals surface area contributed by atoms with Crippen molar-refractivity contribution < 1.29 is 4.74 Å². The molecule has 166 valence electrons. The van der Waals surface area contributed by atoms with Crippen LogP contribution in [-0.2, 0) is 17.8 Å². The molecule has 2 aromatic rings. The Kier molecular flexibility index (Phi) is 10.6. The molecule has 7 heteroatoms. The van der Waals surface area contributed by atoms with Crippen molar-refractivity contribution in [3.05, 3.63) is 53.9 Å². The monoisotopic (exact) mass is 525 g/mol. The molecule has 0 radical (unpaired) electrons. The number of nitrogens with one attached hydrogen (secondary N) is 2. The maximum absolute atomic E-state index is 5.62. The number of aromatic nitrogens is 2. The molecule has 0 atom stereocenters. The number of aliphatic imine (C=N–C) groups is 1. The zero-order valence-electron chi connectivity index (χ0n) is 18.3. The van der Waals surface area contributed by atoms with E-state index in [0.29, 0.717) is 12.0 Å². The Balaban J connectivity index is 0.00000320. The quantitative estimate of drug-likeness (QED) is 0.211.